The number of hydrogen-bond donors (Lipinski definition) is 1. The molecule has 0 aliphatic carbocycles. The van der Waals surface area contributed by atoms with Gasteiger partial charge >= 0.3 is 0 Å². The summed E-state index contributed by atoms with van der Waals surface area (Å²) < 4.78 is 0. The minimum absolute atomic E-state index is 0.412. The number of rotatable bonds is 7. The van der Waals surface area contributed by atoms with Crippen LogP contribution in [0.1, 0.15) is 37.3 Å². The predicted molar refractivity (Wildman–Crippen MR) is 94.1 cm³/mol. The van der Waals surface area contributed by atoms with E-state index in [0.717, 1.165) is 13.1 Å². The monoisotopic (exact) mass is 302 g/mol. The summed E-state index contributed by atoms with van der Waals surface area (Å²) >= 11 is 1.82. The van der Waals surface area contributed by atoms with Crippen molar-refractivity contribution in [3.63, 3.8) is 0 Å². The van der Waals surface area contributed by atoms with Gasteiger partial charge in [-0.25, -0.2) is 0 Å². The minimum Gasteiger partial charge on any atom is -0.367 e. The maximum Gasteiger partial charge on any atom is 0.0603 e. The number of nitrogens with one attached hydrogen (secondary N) is 1. The van der Waals surface area contributed by atoms with Crippen molar-refractivity contribution < 1.29 is 0 Å². The highest BCUT2D eigenvalue weighted by molar-refractivity contribution is 7.10. The van der Waals surface area contributed by atoms with Crippen LogP contribution in [0.3, 0.4) is 0 Å². The Morgan fingerprint density at radius 2 is 1.81 bits per heavy atom. The molecule has 3 heteroatoms. The third-order valence-corrected chi connectivity index (χ3v) is 4.80. The van der Waals surface area contributed by atoms with Crippen molar-refractivity contribution in [2.24, 2.45) is 5.92 Å². The molecule has 0 saturated carbocycles. The molecule has 1 aromatic heterocycles. The smallest absolute Gasteiger partial charge is 0.0603 e. The first-order chi connectivity index (χ1) is 10.1. The number of anilines is 1. The molecule has 21 heavy (non-hydrogen) atoms. The van der Waals surface area contributed by atoms with Crippen molar-refractivity contribution in [3.05, 3.63) is 52.2 Å². The number of thiophene rings is 1. The van der Waals surface area contributed by atoms with Gasteiger partial charge in [0.2, 0.25) is 0 Å². The fourth-order valence-corrected chi connectivity index (χ4v) is 3.12. The molecule has 0 fully saturated rings. The second kappa shape index (κ2) is 7.62. The zero-order valence-electron chi connectivity index (χ0n) is 13.5. The molecule has 0 aliphatic heterocycles. The van der Waals surface area contributed by atoms with Gasteiger partial charge in [-0.2, -0.15) is 0 Å². The summed E-state index contributed by atoms with van der Waals surface area (Å²) in [6.07, 6.45) is 0. The Balaban J connectivity index is 1.95. The SMILES string of the molecule is CC(C)CNCc1ccc(N(C)C(C)c2cccs2)cc1. The normalized spacial score (nSPS) is 12.6. The first kappa shape index (κ1) is 16.1. The second-order valence-electron chi connectivity index (χ2n) is 5.99. The lowest BCUT2D eigenvalue weighted by Gasteiger charge is -2.26. The molecule has 2 aromatic rings. The van der Waals surface area contributed by atoms with E-state index in [9.17, 15) is 0 Å². The van der Waals surface area contributed by atoms with Gasteiger partial charge in [-0.3, -0.25) is 0 Å². The average Bonchev–Trinajstić information content (AvgIpc) is 3.00. The second-order valence-corrected chi connectivity index (χ2v) is 6.97. The molecule has 0 aliphatic rings. The summed E-state index contributed by atoms with van der Waals surface area (Å²) in [5.74, 6) is 0.696. The van der Waals surface area contributed by atoms with Crippen LogP contribution in [0, 0.1) is 5.92 Å². The van der Waals surface area contributed by atoms with E-state index in [1.54, 1.807) is 0 Å². The first-order valence-corrected chi connectivity index (χ1v) is 8.51. The van der Waals surface area contributed by atoms with Crippen LogP contribution in [-0.4, -0.2) is 13.6 Å². The quantitative estimate of drug-likeness (QED) is 0.798. The Morgan fingerprint density at radius 1 is 1.10 bits per heavy atom. The Morgan fingerprint density at radius 3 is 2.38 bits per heavy atom. The van der Waals surface area contributed by atoms with Crippen molar-refractivity contribution >= 4 is 17.0 Å². The van der Waals surface area contributed by atoms with Crippen molar-refractivity contribution in [1.82, 2.24) is 5.32 Å². The van der Waals surface area contributed by atoms with E-state index >= 15 is 0 Å². The van der Waals surface area contributed by atoms with Crippen LogP contribution in [-0.2, 0) is 6.54 Å². The first-order valence-electron chi connectivity index (χ1n) is 7.64. The van der Waals surface area contributed by atoms with Gasteiger partial charge in [0.05, 0.1) is 6.04 Å². The van der Waals surface area contributed by atoms with E-state index in [1.807, 2.05) is 11.3 Å². The summed E-state index contributed by atoms with van der Waals surface area (Å²) in [5, 5.41) is 5.63. The fourth-order valence-electron chi connectivity index (χ4n) is 2.30. The third kappa shape index (κ3) is 4.58. The standard InChI is InChI=1S/C18H26N2S/c1-14(2)12-19-13-16-7-9-17(10-8-16)20(4)15(3)18-6-5-11-21-18/h5-11,14-15,19H,12-13H2,1-4H3. The van der Waals surface area contributed by atoms with Crippen LogP contribution in [0.25, 0.3) is 0 Å². The molecule has 0 saturated heterocycles. The zero-order chi connectivity index (χ0) is 15.2. The van der Waals surface area contributed by atoms with Crippen LogP contribution < -0.4 is 10.2 Å². The van der Waals surface area contributed by atoms with Crippen molar-refractivity contribution in [3.8, 4) is 0 Å². The highest BCUT2D eigenvalue weighted by Crippen LogP contribution is 2.28. The van der Waals surface area contributed by atoms with Crippen LogP contribution >= 0.6 is 11.3 Å². The molecule has 1 N–H and O–H groups in total. The molecule has 1 aromatic carbocycles. The lowest BCUT2D eigenvalue weighted by molar-refractivity contribution is 0.552. The molecule has 0 radical (unpaired) electrons. The van der Waals surface area contributed by atoms with Crippen molar-refractivity contribution in [2.45, 2.75) is 33.4 Å². The van der Waals surface area contributed by atoms with Crippen molar-refractivity contribution in [2.75, 3.05) is 18.5 Å². The fraction of sp³-hybridized carbons (Fsp3) is 0.444. The van der Waals surface area contributed by atoms with E-state index in [4.69, 9.17) is 0 Å². The number of nitrogens with zero attached hydrogens (tertiary/aromatic N) is 1. The van der Waals surface area contributed by atoms with Gasteiger partial charge in [-0.05, 0) is 48.5 Å². The molecule has 2 nitrogen and oxygen atoms in total. The lowest BCUT2D eigenvalue weighted by atomic mass is 10.1. The van der Waals surface area contributed by atoms with Gasteiger partial charge in [0.15, 0.2) is 0 Å². The summed E-state index contributed by atoms with van der Waals surface area (Å²) in [6, 6.07) is 13.6. The van der Waals surface area contributed by atoms with Crippen LogP contribution in [0.2, 0.25) is 0 Å². The molecule has 1 heterocycles. The predicted octanol–water partition coefficient (Wildman–Crippen LogP) is 4.69. The molecule has 2 rings (SSSR count). The maximum absolute atomic E-state index is 3.48. The largest absolute Gasteiger partial charge is 0.367 e. The maximum atomic E-state index is 3.48. The molecule has 114 valence electrons. The van der Waals surface area contributed by atoms with Gasteiger partial charge in [-0.1, -0.05) is 32.0 Å². The third-order valence-electron chi connectivity index (χ3n) is 3.76. The summed E-state index contributed by atoms with van der Waals surface area (Å²) in [7, 11) is 2.16. The Hall–Kier alpha value is -1.32. The van der Waals surface area contributed by atoms with Crippen LogP contribution in [0.5, 0.6) is 0 Å². The van der Waals surface area contributed by atoms with Gasteiger partial charge < -0.3 is 10.2 Å². The molecule has 0 amide bonds. The Labute approximate surface area is 132 Å². The van der Waals surface area contributed by atoms with Gasteiger partial charge in [0.25, 0.3) is 0 Å². The minimum atomic E-state index is 0.412. The summed E-state index contributed by atoms with van der Waals surface area (Å²) in [5.41, 5.74) is 2.61. The topological polar surface area (TPSA) is 15.3 Å². The van der Waals surface area contributed by atoms with E-state index in [1.165, 1.54) is 16.1 Å². The van der Waals surface area contributed by atoms with Gasteiger partial charge in [0, 0.05) is 24.2 Å². The average molecular weight is 302 g/mol. The summed E-state index contributed by atoms with van der Waals surface area (Å²) in [4.78, 5) is 3.73. The van der Waals surface area contributed by atoms with Crippen LogP contribution in [0.4, 0.5) is 5.69 Å². The summed E-state index contributed by atoms with van der Waals surface area (Å²) in [6.45, 7) is 8.73. The van der Waals surface area contributed by atoms with Gasteiger partial charge in [-0.15, -0.1) is 11.3 Å². The number of benzene rings is 1. The van der Waals surface area contributed by atoms with Crippen molar-refractivity contribution in [1.29, 1.82) is 0 Å². The van der Waals surface area contributed by atoms with E-state index < -0.39 is 0 Å². The molecule has 1 unspecified atom stereocenters. The lowest BCUT2D eigenvalue weighted by Crippen LogP contribution is -2.21. The van der Waals surface area contributed by atoms with E-state index in [0.29, 0.717) is 12.0 Å². The zero-order valence-corrected chi connectivity index (χ0v) is 14.3. The molecule has 0 spiro atoms. The van der Waals surface area contributed by atoms with E-state index in [-0.39, 0.29) is 0 Å². The Bertz CT molecular complexity index is 517. The molecular formula is C18H26N2S. The highest BCUT2D eigenvalue weighted by atomic mass is 32.1. The molecule has 0 bridgehead atoms. The Kier molecular flexibility index (Phi) is 5.83. The van der Waals surface area contributed by atoms with Gasteiger partial charge in [0.1, 0.15) is 0 Å². The number of hydrogen-bond acceptors (Lipinski definition) is 3. The molecule has 1 atom stereocenters. The highest BCUT2D eigenvalue weighted by Gasteiger charge is 2.12. The molecular weight excluding hydrogens is 276 g/mol. The van der Waals surface area contributed by atoms with Crippen LogP contribution in [0.15, 0.2) is 41.8 Å². The van der Waals surface area contributed by atoms with E-state index in [2.05, 4.69) is 79.8 Å².